The van der Waals surface area contributed by atoms with E-state index in [0.717, 1.165) is 6.42 Å². The molecular weight excluding hydrogens is 100 g/mol. The van der Waals surface area contributed by atoms with E-state index in [1.165, 1.54) is 0 Å². The summed E-state index contributed by atoms with van der Waals surface area (Å²) in [6.45, 7) is 5.29. The lowest BCUT2D eigenvalue weighted by Gasteiger charge is -1.90. The van der Waals surface area contributed by atoms with Crippen LogP contribution in [-0.2, 0) is 0 Å². The smallest absolute Gasteiger partial charge is 0.233 e. The Labute approximate surface area is 48.6 Å². The Morgan fingerprint density at radius 3 is 2.75 bits per heavy atom. The molecule has 0 radical (unpaired) electrons. The van der Waals surface area contributed by atoms with E-state index in [9.17, 15) is 0 Å². The first-order valence-corrected chi connectivity index (χ1v) is 2.49. The van der Waals surface area contributed by atoms with E-state index in [-0.39, 0.29) is 5.76 Å². The van der Waals surface area contributed by atoms with Crippen molar-refractivity contribution >= 4 is 0 Å². The second kappa shape index (κ2) is 1.81. The van der Waals surface area contributed by atoms with Gasteiger partial charge in [0.1, 0.15) is 0 Å². The van der Waals surface area contributed by atoms with Crippen molar-refractivity contribution in [2.75, 3.05) is 0 Å². The Balaban J connectivity index is 2.78. The highest BCUT2D eigenvalue weighted by molar-refractivity contribution is 5.34. The molecule has 0 aromatic rings. The predicted octanol–water partition coefficient (Wildman–Crippen LogP) is 1.75. The second-order valence-electron chi connectivity index (χ2n) is 1.68. The molecule has 0 aromatic carbocycles. The van der Waals surface area contributed by atoms with E-state index in [2.05, 4.69) is 0 Å². The number of allylic oxidation sites excluding steroid dienone is 3. The summed E-state index contributed by atoms with van der Waals surface area (Å²) < 4.78 is 0. The summed E-state index contributed by atoms with van der Waals surface area (Å²) in [6.07, 6.45) is 6.06. The van der Waals surface area contributed by atoms with Crippen molar-refractivity contribution in [3.05, 3.63) is 36.1 Å². The molecule has 0 unspecified atom stereocenters. The fourth-order valence-corrected chi connectivity index (χ4v) is 0.578. The average Bonchev–Trinajstić information content (AvgIpc) is 1.77. The maximum absolute atomic E-state index is 8.83. The number of rotatable bonds is 0. The summed E-state index contributed by atoms with van der Waals surface area (Å²) in [4.78, 5) is 0. The summed E-state index contributed by atoms with van der Waals surface area (Å²) in [6, 6.07) is 0. The molecule has 0 aromatic heterocycles. The molecule has 1 N–H and O–H groups in total. The molecule has 0 saturated heterocycles. The maximum atomic E-state index is 8.83. The van der Waals surface area contributed by atoms with Gasteiger partial charge < -0.3 is 5.11 Å². The standard InChI is InChI=1S/C7H6O/c1-6-4-2-3-5-7(6)8/h1-2,4-5H,3H2/p+1. The largest absolute Gasteiger partial charge is 0.448 e. The highest BCUT2D eigenvalue weighted by atomic mass is 16.3. The van der Waals surface area contributed by atoms with E-state index in [4.69, 9.17) is 11.7 Å². The van der Waals surface area contributed by atoms with Crippen LogP contribution < -0.4 is 0 Å². The first-order valence-electron chi connectivity index (χ1n) is 2.49. The van der Waals surface area contributed by atoms with Gasteiger partial charge in [-0.15, -0.1) is 0 Å². The van der Waals surface area contributed by atoms with Gasteiger partial charge in [-0.2, -0.15) is 0 Å². The lowest BCUT2D eigenvalue weighted by atomic mass is 10.1. The molecule has 0 atom stereocenters. The minimum Gasteiger partial charge on any atom is -0.448 e. The molecule has 0 spiro atoms. The van der Waals surface area contributed by atoms with Gasteiger partial charge in [0.05, 0.1) is 6.08 Å². The molecule has 0 bridgehead atoms. The van der Waals surface area contributed by atoms with Crippen LogP contribution in [0.25, 0.3) is 0 Å². The quantitative estimate of drug-likeness (QED) is 0.467. The zero-order chi connectivity index (χ0) is 5.98. The topological polar surface area (TPSA) is 20.2 Å². The molecular formula is C7H7O+. The molecule has 1 rings (SSSR count). The SMILES string of the molecule is [CH+]=C1C=CCC=C1O. The van der Waals surface area contributed by atoms with Gasteiger partial charge in [0.15, 0.2) is 0 Å². The van der Waals surface area contributed by atoms with Gasteiger partial charge in [0.2, 0.25) is 11.3 Å². The Kier molecular flexibility index (Phi) is 1.15. The zero-order valence-corrected chi connectivity index (χ0v) is 4.46. The van der Waals surface area contributed by atoms with Crippen LogP contribution in [0, 0.1) is 6.58 Å². The van der Waals surface area contributed by atoms with Crippen LogP contribution in [0.1, 0.15) is 6.42 Å². The first kappa shape index (κ1) is 5.07. The molecule has 0 amide bonds. The molecule has 0 saturated carbocycles. The normalized spacial score (nSPS) is 18.4. The third kappa shape index (κ3) is 0.772. The zero-order valence-electron chi connectivity index (χ0n) is 4.46. The van der Waals surface area contributed by atoms with Crippen molar-refractivity contribution in [3.8, 4) is 0 Å². The van der Waals surface area contributed by atoms with Gasteiger partial charge in [0.25, 0.3) is 0 Å². The summed E-state index contributed by atoms with van der Waals surface area (Å²) in [5.74, 6) is 0.201. The molecule has 1 nitrogen and oxygen atoms in total. The Bertz CT molecular complexity index is 163. The number of hydrogen-bond acceptors (Lipinski definition) is 1. The van der Waals surface area contributed by atoms with Crippen LogP contribution in [0.5, 0.6) is 0 Å². The minimum atomic E-state index is 0.201. The third-order valence-corrected chi connectivity index (χ3v) is 1.04. The van der Waals surface area contributed by atoms with Crippen molar-refractivity contribution < 1.29 is 5.11 Å². The lowest BCUT2D eigenvalue weighted by molar-refractivity contribution is 0.423. The molecule has 1 aliphatic carbocycles. The van der Waals surface area contributed by atoms with Crippen molar-refractivity contribution in [2.24, 2.45) is 0 Å². The molecule has 8 heavy (non-hydrogen) atoms. The van der Waals surface area contributed by atoms with E-state index in [1.807, 2.05) is 6.08 Å². The summed E-state index contributed by atoms with van der Waals surface area (Å²) in [5, 5.41) is 8.83. The van der Waals surface area contributed by atoms with Gasteiger partial charge in [-0.05, 0) is 6.08 Å². The molecule has 40 valence electrons. The highest BCUT2D eigenvalue weighted by Crippen LogP contribution is 2.11. The highest BCUT2D eigenvalue weighted by Gasteiger charge is 2.09. The van der Waals surface area contributed by atoms with E-state index < -0.39 is 0 Å². The van der Waals surface area contributed by atoms with Crippen molar-refractivity contribution in [1.82, 2.24) is 0 Å². The van der Waals surface area contributed by atoms with Gasteiger partial charge in [-0.3, -0.25) is 0 Å². The van der Waals surface area contributed by atoms with Gasteiger partial charge in [-0.25, -0.2) is 0 Å². The van der Waals surface area contributed by atoms with Crippen LogP contribution in [0.2, 0.25) is 0 Å². The summed E-state index contributed by atoms with van der Waals surface area (Å²) >= 11 is 0. The molecule has 0 heterocycles. The Morgan fingerprint density at radius 2 is 2.38 bits per heavy atom. The monoisotopic (exact) mass is 107 g/mol. The van der Waals surface area contributed by atoms with E-state index in [0.29, 0.717) is 5.57 Å². The van der Waals surface area contributed by atoms with Crippen LogP contribution in [0.15, 0.2) is 29.6 Å². The lowest BCUT2D eigenvalue weighted by Crippen LogP contribution is -1.86. The van der Waals surface area contributed by atoms with Gasteiger partial charge in [-0.1, -0.05) is 0 Å². The number of aliphatic hydroxyl groups excluding tert-OH is 1. The fourth-order valence-electron chi connectivity index (χ4n) is 0.578. The fraction of sp³-hybridized carbons (Fsp3) is 0.143. The minimum absolute atomic E-state index is 0.201. The number of hydrogen-bond donors (Lipinski definition) is 1. The van der Waals surface area contributed by atoms with E-state index >= 15 is 0 Å². The van der Waals surface area contributed by atoms with Crippen LogP contribution >= 0.6 is 0 Å². The van der Waals surface area contributed by atoms with Gasteiger partial charge in [0, 0.05) is 19.1 Å². The Hall–Kier alpha value is -1.07. The second-order valence-corrected chi connectivity index (χ2v) is 1.68. The molecule has 1 heteroatoms. The average molecular weight is 107 g/mol. The van der Waals surface area contributed by atoms with Crippen molar-refractivity contribution in [2.45, 2.75) is 6.42 Å². The van der Waals surface area contributed by atoms with Crippen LogP contribution in [0.3, 0.4) is 0 Å². The summed E-state index contributed by atoms with van der Waals surface area (Å²) in [7, 11) is 0. The first-order chi connectivity index (χ1) is 3.80. The molecule has 0 fully saturated rings. The third-order valence-electron chi connectivity index (χ3n) is 1.04. The van der Waals surface area contributed by atoms with Crippen molar-refractivity contribution in [3.63, 3.8) is 0 Å². The molecule has 1 aliphatic rings. The summed E-state index contributed by atoms with van der Waals surface area (Å²) in [5.41, 5.74) is 0.455. The van der Waals surface area contributed by atoms with Crippen molar-refractivity contribution in [1.29, 1.82) is 0 Å². The van der Waals surface area contributed by atoms with Gasteiger partial charge >= 0.3 is 0 Å². The predicted molar refractivity (Wildman–Crippen MR) is 32.3 cm³/mol. The van der Waals surface area contributed by atoms with Crippen LogP contribution in [-0.4, -0.2) is 5.11 Å². The number of aliphatic hydroxyl groups is 1. The molecule has 0 aliphatic heterocycles. The van der Waals surface area contributed by atoms with Crippen LogP contribution in [0.4, 0.5) is 0 Å². The Morgan fingerprint density at radius 1 is 1.62 bits per heavy atom. The van der Waals surface area contributed by atoms with E-state index in [1.54, 1.807) is 12.2 Å². The maximum Gasteiger partial charge on any atom is 0.233 e.